The first-order valence-corrected chi connectivity index (χ1v) is 8.42. The first-order valence-electron chi connectivity index (χ1n) is 7.66. The SMILES string of the molecule is CNc1nc(=O)n(-c2ccccc2Cl)c2c3cc(Cl)ccc3n(C)c12. The van der Waals surface area contributed by atoms with Gasteiger partial charge < -0.3 is 9.88 Å². The van der Waals surface area contributed by atoms with Crippen LogP contribution < -0.4 is 11.0 Å². The van der Waals surface area contributed by atoms with Gasteiger partial charge in [0.1, 0.15) is 5.52 Å². The van der Waals surface area contributed by atoms with E-state index in [0.29, 0.717) is 21.6 Å². The van der Waals surface area contributed by atoms with Gasteiger partial charge in [-0.2, -0.15) is 4.98 Å². The van der Waals surface area contributed by atoms with Crippen LogP contribution in [0.1, 0.15) is 0 Å². The molecule has 2 aromatic carbocycles. The second-order valence-corrected chi connectivity index (χ2v) is 6.54. The Labute approximate surface area is 153 Å². The molecule has 0 radical (unpaired) electrons. The van der Waals surface area contributed by atoms with Crippen LogP contribution in [0.3, 0.4) is 0 Å². The van der Waals surface area contributed by atoms with E-state index in [4.69, 9.17) is 23.2 Å². The summed E-state index contributed by atoms with van der Waals surface area (Å²) in [6.45, 7) is 0. The van der Waals surface area contributed by atoms with Gasteiger partial charge in [-0.25, -0.2) is 4.79 Å². The van der Waals surface area contributed by atoms with Gasteiger partial charge in [0.05, 0.1) is 21.7 Å². The molecule has 0 aliphatic carbocycles. The molecule has 5 nitrogen and oxygen atoms in total. The molecule has 25 heavy (non-hydrogen) atoms. The highest BCUT2D eigenvalue weighted by molar-refractivity contribution is 6.33. The number of halogens is 2. The van der Waals surface area contributed by atoms with Crippen molar-refractivity contribution in [2.75, 3.05) is 12.4 Å². The van der Waals surface area contributed by atoms with Crippen LogP contribution >= 0.6 is 23.2 Å². The molecule has 4 aromatic rings. The third-order valence-corrected chi connectivity index (χ3v) is 4.87. The minimum Gasteiger partial charge on any atom is -0.371 e. The highest BCUT2D eigenvalue weighted by Crippen LogP contribution is 2.34. The molecule has 7 heteroatoms. The van der Waals surface area contributed by atoms with E-state index in [1.807, 2.05) is 41.9 Å². The van der Waals surface area contributed by atoms with Crippen molar-refractivity contribution in [1.82, 2.24) is 14.1 Å². The molecule has 0 aliphatic rings. The number of para-hydroxylation sites is 1. The molecule has 1 N–H and O–H groups in total. The number of nitrogens with one attached hydrogen (secondary N) is 1. The van der Waals surface area contributed by atoms with E-state index >= 15 is 0 Å². The van der Waals surface area contributed by atoms with Crippen molar-refractivity contribution in [2.45, 2.75) is 0 Å². The second-order valence-electron chi connectivity index (χ2n) is 5.70. The minimum atomic E-state index is -0.405. The Hall–Kier alpha value is -2.50. The topological polar surface area (TPSA) is 51.9 Å². The summed E-state index contributed by atoms with van der Waals surface area (Å²) >= 11 is 12.6. The van der Waals surface area contributed by atoms with Crippen LogP contribution in [-0.4, -0.2) is 21.2 Å². The number of fused-ring (bicyclic) bond motifs is 3. The number of benzene rings is 2. The molecule has 0 unspecified atom stereocenters. The molecule has 0 bridgehead atoms. The fourth-order valence-electron chi connectivity index (χ4n) is 3.22. The van der Waals surface area contributed by atoms with Gasteiger partial charge >= 0.3 is 5.69 Å². The zero-order valence-corrected chi connectivity index (χ0v) is 15.1. The summed E-state index contributed by atoms with van der Waals surface area (Å²) in [5, 5.41) is 4.95. The molecular weight excluding hydrogens is 359 g/mol. The van der Waals surface area contributed by atoms with Crippen molar-refractivity contribution in [1.29, 1.82) is 0 Å². The van der Waals surface area contributed by atoms with Crippen LogP contribution in [0.2, 0.25) is 10.0 Å². The lowest BCUT2D eigenvalue weighted by molar-refractivity contribution is 0.942. The first kappa shape index (κ1) is 16.0. The molecule has 0 fully saturated rings. The van der Waals surface area contributed by atoms with Crippen LogP contribution in [-0.2, 0) is 7.05 Å². The number of hydrogen-bond acceptors (Lipinski definition) is 3. The van der Waals surface area contributed by atoms with Gasteiger partial charge in [0.25, 0.3) is 0 Å². The highest BCUT2D eigenvalue weighted by atomic mass is 35.5. The Morgan fingerprint density at radius 2 is 1.84 bits per heavy atom. The summed E-state index contributed by atoms with van der Waals surface area (Å²) < 4.78 is 3.53. The summed E-state index contributed by atoms with van der Waals surface area (Å²) in [7, 11) is 3.67. The first-order chi connectivity index (χ1) is 12.0. The van der Waals surface area contributed by atoms with Gasteiger partial charge in [-0.3, -0.25) is 4.57 Å². The van der Waals surface area contributed by atoms with Crippen molar-refractivity contribution in [3.63, 3.8) is 0 Å². The Morgan fingerprint density at radius 1 is 1.08 bits per heavy atom. The van der Waals surface area contributed by atoms with Crippen molar-refractivity contribution in [3.8, 4) is 5.69 Å². The maximum absolute atomic E-state index is 12.8. The molecule has 0 aliphatic heterocycles. The lowest BCUT2D eigenvalue weighted by Crippen LogP contribution is -2.23. The number of aromatic nitrogens is 3. The fourth-order valence-corrected chi connectivity index (χ4v) is 3.61. The van der Waals surface area contributed by atoms with E-state index in [9.17, 15) is 4.79 Å². The van der Waals surface area contributed by atoms with Crippen LogP contribution in [0.5, 0.6) is 0 Å². The summed E-state index contributed by atoms with van der Waals surface area (Å²) in [5.41, 5.74) is 2.65. The lowest BCUT2D eigenvalue weighted by Gasteiger charge is -2.12. The van der Waals surface area contributed by atoms with Crippen molar-refractivity contribution >= 4 is 51.0 Å². The van der Waals surface area contributed by atoms with Gasteiger partial charge in [-0.05, 0) is 30.3 Å². The molecular formula is C18H14Cl2N4O. The Balaban J connectivity index is 2.32. The van der Waals surface area contributed by atoms with Gasteiger partial charge in [0.15, 0.2) is 5.82 Å². The third kappa shape index (κ3) is 2.31. The molecule has 0 saturated carbocycles. The van der Waals surface area contributed by atoms with Crippen molar-refractivity contribution in [2.24, 2.45) is 7.05 Å². The summed E-state index contributed by atoms with van der Waals surface area (Å²) in [4.78, 5) is 17.0. The average molecular weight is 373 g/mol. The van der Waals surface area contributed by atoms with E-state index < -0.39 is 5.69 Å². The van der Waals surface area contributed by atoms with E-state index in [2.05, 4.69) is 10.3 Å². The van der Waals surface area contributed by atoms with Crippen LogP contribution in [0.25, 0.3) is 27.6 Å². The van der Waals surface area contributed by atoms with Crippen LogP contribution in [0.4, 0.5) is 5.82 Å². The monoisotopic (exact) mass is 372 g/mol. The Morgan fingerprint density at radius 3 is 2.56 bits per heavy atom. The zero-order valence-electron chi connectivity index (χ0n) is 13.5. The Kier molecular flexibility index (Phi) is 3.71. The standard InChI is InChI=1S/C18H14Cl2N4O/c1-21-17-16-15(11-9-10(19)7-8-13(11)23(16)2)24(18(25)22-17)14-6-4-3-5-12(14)20/h3-9H,1-2H3,(H,21,22,25). The van der Waals surface area contributed by atoms with Crippen molar-refractivity contribution in [3.05, 3.63) is 63.0 Å². The maximum atomic E-state index is 12.8. The molecule has 0 atom stereocenters. The molecule has 0 amide bonds. The van der Waals surface area contributed by atoms with Crippen LogP contribution in [0, 0.1) is 0 Å². The molecule has 2 heterocycles. The van der Waals surface area contributed by atoms with Gasteiger partial charge in [-0.1, -0.05) is 35.3 Å². The minimum absolute atomic E-state index is 0.405. The summed E-state index contributed by atoms with van der Waals surface area (Å²) in [6, 6.07) is 12.8. The predicted molar refractivity (Wildman–Crippen MR) is 103 cm³/mol. The number of anilines is 1. The quantitative estimate of drug-likeness (QED) is 0.572. The average Bonchev–Trinajstić information content (AvgIpc) is 2.88. The number of hydrogen-bond donors (Lipinski definition) is 1. The highest BCUT2D eigenvalue weighted by Gasteiger charge is 2.20. The maximum Gasteiger partial charge on any atom is 0.354 e. The number of aryl methyl sites for hydroxylation is 1. The summed E-state index contributed by atoms with van der Waals surface area (Å²) in [5.74, 6) is 0.512. The van der Waals surface area contributed by atoms with E-state index in [1.54, 1.807) is 19.2 Å². The van der Waals surface area contributed by atoms with Gasteiger partial charge in [-0.15, -0.1) is 0 Å². The van der Waals surface area contributed by atoms with Crippen molar-refractivity contribution < 1.29 is 0 Å². The normalized spacial score (nSPS) is 11.4. The third-order valence-electron chi connectivity index (χ3n) is 4.31. The number of rotatable bonds is 2. The molecule has 126 valence electrons. The second kappa shape index (κ2) is 5.79. The smallest absolute Gasteiger partial charge is 0.354 e. The Bertz CT molecular complexity index is 1190. The predicted octanol–water partition coefficient (Wildman–Crippen LogP) is 4.23. The summed E-state index contributed by atoms with van der Waals surface area (Å²) in [6.07, 6.45) is 0. The van der Waals surface area contributed by atoms with E-state index in [1.165, 1.54) is 4.57 Å². The largest absolute Gasteiger partial charge is 0.371 e. The zero-order chi connectivity index (χ0) is 17.7. The lowest BCUT2D eigenvalue weighted by atomic mass is 10.2. The molecule has 0 spiro atoms. The molecule has 2 aromatic heterocycles. The van der Waals surface area contributed by atoms with E-state index in [-0.39, 0.29) is 0 Å². The molecule has 0 saturated heterocycles. The number of nitrogens with zero attached hydrogens (tertiary/aromatic N) is 3. The van der Waals surface area contributed by atoms with Gasteiger partial charge in [0.2, 0.25) is 0 Å². The molecule has 4 rings (SSSR count). The van der Waals surface area contributed by atoms with Gasteiger partial charge in [0, 0.05) is 24.5 Å². The fraction of sp³-hybridized carbons (Fsp3) is 0.111. The van der Waals surface area contributed by atoms with Crippen LogP contribution in [0.15, 0.2) is 47.3 Å². The van der Waals surface area contributed by atoms with E-state index in [0.717, 1.165) is 21.9 Å².